The highest BCUT2D eigenvalue weighted by Crippen LogP contribution is 2.30. The summed E-state index contributed by atoms with van der Waals surface area (Å²) < 4.78 is 11.7. The Kier molecular flexibility index (Phi) is 6.14. The van der Waals surface area contributed by atoms with Crippen LogP contribution in [0.1, 0.15) is 21.5 Å². The summed E-state index contributed by atoms with van der Waals surface area (Å²) in [6.07, 6.45) is 0. The summed E-state index contributed by atoms with van der Waals surface area (Å²) in [5.41, 5.74) is 9.80. The molecule has 160 valence electrons. The van der Waals surface area contributed by atoms with Crippen LogP contribution in [0.3, 0.4) is 0 Å². The average molecular weight is 426 g/mol. The van der Waals surface area contributed by atoms with Crippen molar-refractivity contribution in [3.8, 4) is 34.4 Å². The summed E-state index contributed by atoms with van der Waals surface area (Å²) in [6.45, 7) is 2.34. The van der Waals surface area contributed by atoms with Gasteiger partial charge in [0.05, 0.1) is 0 Å². The first kappa shape index (κ1) is 21.1. The molecular formula is C26H22N2O4. The lowest BCUT2D eigenvalue weighted by molar-refractivity contribution is 0.0694. The second kappa shape index (κ2) is 9.32. The van der Waals surface area contributed by atoms with Crippen molar-refractivity contribution in [3.05, 3.63) is 102 Å². The van der Waals surface area contributed by atoms with Gasteiger partial charge in [-0.1, -0.05) is 42.5 Å². The first-order valence-electron chi connectivity index (χ1n) is 10.1. The molecule has 1 aromatic heterocycles. The molecule has 0 bridgehead atoms. The van der Waals surface area contributed by atoms with E-state index in [1.54, 1.807) is 30.3 Å². The number of nitrogens with zero attached hydrogens (tertiary/aromatic N) is 1. The van der Waals surface area contributed by atoms with Gasteiger partial charge in [0.2, 0.25) is 11.8 Å². The maximum Gasteiger partial charge on any atom is 0.339 e. The molecule has 3 N–H and O–H groups in total. The van der Waals surface area contributed by atoms with Gasteiger partial charge in [-0.15, -0.1) is 0 Å². The van der Waals surface area contributed by atoms with Crippen LogP contribution in [0.4, 0.5) is 0 Å². The lowest BCUT2D eigenvalue weighted by Crippen LogP contribution is -2.01. The molecule has 3 aromatic carbocycles. The second-order valence-corrected chi connectivity index (χ2v) is 7.26. The van der Waals surface area contributed by atoms with E-state index in [-0.39, 0.29) is 17.2 Å². The van der Waals surface area contributed by atoms with Gasteiger partial charge in [0.1, 0.15) is 17.1 Å². The lowest BCUT2D eigenvalue weighted by Gasteiger charge is -2.11. The van der Waals surface area contributed by atoms with Crippen LogP contribution in [0.2, 0.25) is 0 Å². The molecule has 32 heavy (non-hydrogen) atoms. The van der Waals surface area contributed by atoms with Gasteiger partial charge in [0.15, 0.2) is 0 Å². The number of aromatic nitrogens is 1. The fraction of sp³-hybridized carbons (Fsp3) is 0.0769. The summed E-state index contributed by atoms with van der Waals surface area (Å²) in [5, 5.41) is 9.40. The molecule has 4 rings (SSSR count). The van der Waals surface area contributed by atoms with E-state index < -0.39 is 5.97 Å². The normalized spacial score (nSPS) is 10.6. The van der Waals surface area contributed by atoms with Gasteiger partial charge in [-0.3, -0.25) is 0 Å². The van der Waals surface area contributed by atoms with Crippen molar-refractivity contribution in [3.63, 3.8) is 0 Å². The van der Waals surface area contributed by atoms with Crippen molar-refractivity contribution >= 4 is 5.97 Å². The SMILES string of the molecule is Cc1ccc(C(=O)O)c(Oc2cccc(Oc3cccc(-c4cccc(CN)c4)c3)n2)c1. The van der Waals surface area contributed by atoms with Crippen LogP contribution in [0.5, 0.6) is 23.3 Å². The monoisotopic (exact) mass is 426 g/mol. The predicted octanol–water partition coefficient (Wildman–Crippen LogP) is 5.80. The zero-order valence-electron chi connectivity index (χ0n) is 17.5. The Morgan fingerprint density at radius 3 is 2.31 bits per heavy atom. The van der Waals surface area contributed by atoms with Crippen LogP contribution in [0.15, 0.2) is 84.9 Å². The van der Waals surface area contributed by atoms with E-state index in [2.05, 4.69) is 4.98 Å². The minimum Gasteiger partial charge on any atom is -0.478 e. The van der Waals surface area contributed by atoms with E-state index in [4.69, 9.17) is 15.2 Å². The highest BCUT2D eigenvalue weighted by atomic mass is 16.5. The van der Waals surface area contributed by atoms with Crippen LogP contribution >= 0.6 is 0 Å². The molecule has 0 unspecified atom stereocenters. The van der Waals surface area contributed by atoms with Gasteiger partial charge in [-0.05, 0) is 59.5 Å². The molecule has 0 fully saturated rings. The van der Waals surface area contributed by atoms with Gasteiger partial charge < -0.3 is 20.3 Å². The maximum atomic E-state index is 11.5. The van der Waals surface area contributed by atoms with Crippen LogP contribution in [-0.2, 0) is 6.54 Å². The number of hydrogen-bond donors (Lipinski definition) is 2. The van der Waals surface area contributed by atoms with E-state index in [0.717, 1.165) is 22.3 Å². The van der Waals surface area contributed by atoms with Crippen molar-refractivity contribution in [1.82, 2.24) is 4.98 Å². The number of carboxylic acids is 1. The molecule has 0 amide bonds. The summed E-state index contributed by atoms with van der Waals surface area (Å²) in [4.78, 5) is 15.9. The Morgan fingerprint density at radius 2 is 1.56 bits per heavy atom. The molecule has 0 radical (unpaired) electrons. The van der Waals surface area contributed by atoms with Crippen LogP contribution in [0, 0.1) is 6.92 Å². The van der Waals surface area contributed by atoms with E-state index in [0.29, 0.717) is 18.2 Å². The van der Waals surface area contributed by atoms with Gasteiger partial charge in [0, 0.05) is 18.7 Å². The van der Waals surface area contributed by atoms with Crippen molar-refractivity contribution in [2.75, 3.05) is 0 Å². The number of pyridine rings is 1. The minimum atomic E-state index is -1.07. The maximum absolute atomic E-state index is 11.5. The molecule has 6 nitrogen and oxygen atoms in total. The lowest BCUT2D eigenvalue weighted by atomic mass is 10.0. The largest absolute Gasteiger partial charge is 0.478 e. The van der Waals surface area contributed by atoms with Gasteiger partial charge in [-0.25, -0.2) is 4.79 Å². The van der Waals surface area contributed by atoms with Crippen molar-refractivity contribution in [2.45, 2.75) is 13.5 Å². The molecule has 0 saturated heterocycles. The quantitative estimate of drug-likeness (QED) is 0.388. The molecule has 0 atom stereocenters. The molecule has 1 heterocycles. The topological polar surface area (TPSA) is 94.7 Å². The Balaban J connectivity index is 1.56. The number of hydrogen-bond acceptors (Lipinski definition) is 5. The highest BCUT2D eigenvalue weighted by Gasteiger charge is 2.13. The third-order valence-corrected chi connectivity index (χ3v) is 4.83. The first-order valence-corrected chi connectivity index (χ1v) is 10.1. The number of rotatable bonds is 7. The third-order valence-electron chi connectivity index (χ3n) is 4.83. The summed E-state index contributed by atoms with van der Waals surface area (Å²) in [5.74, 6) is 0.348. The van der Waals surface area contributed by atoms with E-state index in [1.165, 1.54) is 6.07 Å². The number of nitrogens with two attached hydrogens (primary N) is 1. The van der Waals surface area contributed by atoms with Crippen molar-refractivity contribution in [1.29, 1.82) is 0 Å². The first-order chi connectivity index (χ1) is 15.5. The standard InChI is InChI=1S/C26H22N2O4/c1-17-11-12-22(26(29)30)23(13-17)32-25-10-4-9-24(28-25)31-21-8-3-7-20(15-21)19-6-2-5-18(14-19)16-27/h2-15H,16,27H2,1H3,(H,29,30). The zero-order chi connectivity index (χ0) is 22.5. The number of aromatic carboxylic acids is 1. The molecule has 0 aliphatic rings. The zero-order valence-corrected chi connectivity index (χ0v) is 17.5. The summed E-state index contributed by atoms with van der Waals surface area (Å²) in [6, 6.07) is 25.7. The third kappa shape index (κ3) is 4.94. The van der Waals surface area contributed by atoms with Crippen LogP contribution in [0.25, 0.3) is 11.1 Å². The molecular weight excluding hydrogens is 404 g/mol. The Hall–Kier alpha value is -4.16. The molecule has 0 aliphatic carbocycles. The Bertz CT molecular complexity index is 1270. The number of carboxylic acid groups (broad SMARTS) is 1. The van der Waals surface area contributed by atoms with Crippen LogP contribution in [-0.4, -0.2) is 16.1 Å². The van der Waals surface area contributed by atoms with E-state index >= 15 is 0 Å². The molecule has 0 saturated carbocycles. The fourth-order valence-electron chi connectivity index (χ4n) is 3.25. The van der Waals surface area contributed by atoms with Gasteiger partial charge in [0.25, 0.3) is 0 Å². The molecule has 0 aliphatic heterocycles. The molecule has 6 heteroatoms. The van der Waals surface area contributed by atoms with E-state index in [9.17, 15) is 9.90 Å². The summed E-state index contributed by atoms with van der Waals surface area (Å²) in [7, 11) is 0. The van der Waals surface area contributed by atoms with Crippen molar-refractivity contribution in [2.24, 2.45) is 5.73 Å². The number of ether oxygens (including phenoxy) is 2. The van der Waals surface area contributed by atoms with E-state index in [1.807, 2.05) is 55.5 Å². The Labute approximate surface area is 185 Å². The minimum absolute atomic E-state index is 0.0659. The van der Waals surface area contributed by atoms with Crippen molar-refractivity contribution < 1.29 is 19.4 Å². The van der Waals surface area contributed by atoms with Gasteiger partial charge in [-0.2, -0.15) is 4.98 Å². The highest BCUT2D eigenvalue weighted by molar-refractivity contribution is 5.91. The number of carbonyl (C=O) groups is 1. The van der Waals surface area contributed by atoms with Crippen LogP contribution < -0.4 is 15.2 Å². The predicted molar refractivity (Wildman–Crippen MR) is 122 cm³/mol. The average Bonchev–Trinajstić information content (AvgIpc) is 2.79. The second-order valence-electron chi connectivity index (χ2n) is 7.26. The number of aryl methyl sites for hydroxylation is 1. The number of benzene rings is 3. The summed E-state index contributed by atoms with van der Waals surface area (Å²) >= 11 is 0. The molecule has 0 spiro atoms. The van der Waals surface area contributed by atoms with Gasteiger partial charge >= 0.3 is 5.97 Å². The Morgan fingerprint density at radius 1 is 0.875 bits per heavy atom. The fourth-order valence-corrected chi connectivity index (χ4v) is 3.25. The smallest absolute Gasteiger partial charge is 0.339 e. The molecule has 4 aromatic rings.